The normalized spacial score (nSPS) is 13.0. The van der Waals surface area contributed by atoms with Gasteiger partial charge in [0.05, 0.1) is 22.7 Å². The number of rotatable bonds is 4. The third-order valence-electron chi connectivity index (χ3n) is 14.4. The Morgan fingerprint density at radius 2 is 0.716 bits per heavy atom. The molecule has 4 heterocycles. The average Bonchev–Trinajstić information content (AvgIpc) is 3.98. The second kappa shape index (κ2) is 14.3. The summed E-state index contributed by atoms with van der Waals surface area (Å²) in [6.07, 6.45) is 0. The van der Waals surface area contributed by atoms with Gasteiger partial charge in [-0.15, -0.1) is 22.7 Å². The molecule has 2 aliphatic heterocycles. The summed E-state index contributed by atoms with van der Waals surface area (Å²) in [7, 11) is 0. The van der Waals surface area contributed by atoms with Crippen LogP contribution >= 0.6 is 22.7 Å². The molecule has 0 unspecified atom stereocenters. The van der Waals surface area contributed by atoms with Crippen molar-refractivity contribution in [2.45, 2.75) is 0 Å². The summed E-state index contributed by atoms with van der Waals surface area (Å²) in [4.78, 5) is 5.36. The highest BCUT2D eigenvalue weighted by Crippen LogP contribution is 2.55. The zero-order chi connectivity index (χ0) is 43.7. The number of thiophene rings is 2. The Kier molecular flexibility index (Phi) is 7.94. The quantitative estimate of drug-likeness (QED) is 0.163. The Hall–Kier alpha value is -7.96. The summed E-state index contributed by atoms with van der Waals surface area (Å²) in [6.45, 7) is -0.0554. The minimum atomic E-state index is -0.0554. The van der Waals surface area contributed by atoms with Crippen LogP contribution < -0.4 is 26.2 Å². The van der Waals surface area contributed by atoms with Crippen molar-refractivity contribution in [2.75, 3.05) is 9.80 Å². The Labute approximate surface area is 395 Å². The van der Waals surface area contributed by atoms with Gasteiger partial charge in [0.25, 0.3) is 6.71 Å². The van der Waals surface area contributed by atoms with E-state index in [9.17, 15) is 0 Å². The Balaban J connectivity index is 1.15. The number of anilines is 6. The summed E-state index contributed by atoms with van der Waals surface area (Å²) in [6, 6.07) is 84.1. The molecular formula is C62H37BN2S2. The van der Waals surface area contributed by atoms with Crippen LogP contribution in [0.3, 0.4) is 0 Å². The predicted octanol–water partition coefficient (Wildman–Crippen LogP) is 16.1. The number of benzene rings is 11. The van der Waals surface area contributed by atoms with Crippen LogP contribution in [0.5, 0.6) is 0 Å². The average molecular weight is 885 g/mol. The molecule has 310 valence electrons. The lowest BCUT2D eigenvalue weighted by molar-refractivity contribution is 1.28. The minimum Gasteiger partial charge on any atom is -0.310 e. The van der Waals surface area contributed by atoms with Crippen molar-refractivity contribution in [3.8, 4) is 22.3 Å². The molecule has 0 aliphatic carbocycles. The summed E-state index contributed by atoms with van der Waals surface area (Å²) in [5.74, 6) is 0. The molecule has 15 rings (SSSR count). The molecule has 2 nitrogen and oxygen atoms in total. The fourth-order valence-corrected chi connectivity index (χ4v) is 13.9. The third kappa shape index (κ3) is 5.27. The van der Waals surface area contributed by atoms with Gasteiger partial charge < -0.3 is 9.80 Å². The molecule has 67 heavy (non-hydrogen) atoms. The molecule has 0 fully saturated rings. The first-order valence-corrected chi connectivity index (χ1v) is 24.7. The van der Waals surface area contributed by atoms with E-state index in [4.69, 9.17) is 0 Å². The fourth-order valence-electron chi connectivity index (χ4n) is 11.7. The maximum Gasteiger partial charge on any atom is 0.252 e. The van der Waals surface area contributed by atoms with E-state index in [0.717, 1.165) is 0 Å². The van der Waals surface area contributed by atoms with Crippen molar-refractivity contribution >= 4 is 142 Å². The van der Waals surface area contributed by atoms with Gasteiger partial charge in [0.15, 0.2) is 0 Å². The van der Waals surface area contributed by atoms with Crippen LogP contribution in [0.2, 0.25) is 0 Å². The first-order valence-electron chi connectivity index (χ1n) is 23.0. The molecule has 11 aromatic carbocycles. The monoisotopic (exact) mass is 884 g/mol. The molecule has 0 atom stereocenters. The van der Waals surface area contributed by atoms with Crippen LogP contribution in [-0.4, -0.2) is 6.71 Å². The highest BCUT2D eigenvalue weighted by molar-refractivity contribution is 7.26. The van der Waals surface area contributed by atoms with E-state index < -0.39 is 0 Å². The van der Waals surface area contributed by atoms with E-state index in [1.807, 2.05) is 22.7 Å². The van der Waals surface area contributed by atoms with Gasteiger partial charge in [0, 0.05) is 73.6 Å². The number of nitrogens with zero attached hydrogens (tertiary/aromatic N) is 2. The van der Waals surface area contributed by atoms with Crippen LogP contribution in [0.1, 0.15) is 0 Å². The van der Waals surface area contributed by atoms with Gasteiger partial charge in [0.2, 0.25) is 0 Å². The lowest BCUT2D eigenvalue weighted by Gasteiger charge is -2.45. The maximum atomic E-state index is 2.68. The third-order valence-corrected chi connectivity index (χ3v) is 16.7. The zero-order valence-corrected chi connectivity index (χ0v) is 37.8. The summed E-state index contributed by atoms with van der Waals surface area (Å²) >= 11 is 3.80. The second-order valence-corrected chi connectivity index (χ2v) is 20.0. The number of hydrogen-bond acceptors (Lipinski definition) is 4. The molecule has 0 N–H and O–H groups in total. The first-order chi connectivity index (χ1) is 33.3. The van der Waals surface area contributed by atoms with E-state index in [1.54, 1.807) is 0 Å². The van der Waals surface area contributed by atoms with E-state index in [-0.39, 0.29) is 6.71 Å². The largest absolute Gasteiger partial charge is 0.310 e. The molecule has 5 heteroatoms. The zero-order valence-electron chi connectivity index (χ0n) is 36.2. The van der Waals surface area contributed by atoms with Crippen LogP contribution in [0.4, 0.5) is 34.1 Å². The van der Waals surface area contributed by atoms with Gasteiger partial charge in [-0.1, -0.05) is 188 Å². The Morgan fingerprint density at radius 1 is 0.299 bits per heavy atom. The Morgan fingerprint density at radius 3 is 1.19 bits per heavy atom. The predicted molar refractivity (Wildman–Crippen MR) is 292 cm³/mol. The fraction of sp³-hybridized carbons (Fsp3) is 0. The van der Waals surface area contributed by atoms with Gasteiger partial charge in [0.1, 0.15) is 0 Å². The SMILES string of the molecule is c1ccc(-c2ccc3ccccc3c2N2c3cccc4c3B(c3ccc5sc6ccccc6c5c32)c2ccc3sc5ccccc5c3c2N4c2c(-c3ccccc3)ccc3ccccc23)cc1. The van der Waals surface area contributed by atoms with Crippen molar-refractivity contribution in [3.05, 3.63) is 224 Å². The highest BCUT2D eigenvalue weighted by atomic mass is 32.1. The van der Waals surface area contributed by atoms with Crippen molar-refractivity contribution in [1.82, 2.24) is 0 Å². The van der Waals surface area contributed by atoms with Crippen LogP contribution in [-0.2, 0) is 0 Å². The topological polar surface area (TPSA) is 6.48 Å². The van der Waals surface area contributed by atoms with Crippen LogP contribution in [0.25, 0.3) is 84.1 Å². The van der Waals surface area contributed by atoms with Crippen LogP contribution in [0, 0.1) is 0 Å². The molecule has 0 saturated heterocycles. The molecule has 0 radical (unpaired) electrons. The standard InChI is InChI=1S/C62H37BN2S2/c1-3-16-38(17-4-1)44-32-30-40-20-7-9-22-42(40)59(44)64-50-26-15-27-51-58(50)63(48-34-36-54-56(61(48)64)46-24-11-13-28-52(46)66-54)49-35-37-55-57(47-25-12-14-29-53(47)67-55)62(49)65(51)60-43-23-10-8-21-41(43)31-33-45(60)39-18-5-2-6-19-39/h1-37H. The van der Waals surface area contributed by atoms with Gasteiger partial charge >= 0.3 is 0 Å². The van der Waals surface area contributed by atoms with Crippen molar-refractivity contribution in [2.24, 2.45) is 0 Å². The molecule has 0 spiro atoms. The van der Waals surface area contributed by atoms with Crippen molar-refractivity contribution in [3.63, 3.8) is 0 Å². The molecule has 0 amide bonds. The van der Waals surface area contributed by atoms with Gasteiger partial charge in [-0.25, -0.2) is 0 Å². The molecule has 2 aliphatic rings. The summed E-state index contributed by atoms with van der Waals surface area (Å²) in [5, 5.41) is 10.1. The van der Waals surface area contributed by atoms with Gasteiger partial charge in [-0.2, -0.15) is 0 Å². The van der Waals surface area contributed by atoms with Crippen molar-refractivity contribution in [1.29, 1.82) is 0 Å². The second-order valence-electron chi connectivity index (χ2n) is 17.9. The van der Waals surface area contributed by atoms with Crippen molar-refractivity contribution < 1.29 is 0 Å². The van der Waals surface area contributed by atoms with E-state index in [2.05, 4.69) is 234 Å². The van der Waals surface area contributed by atoms with Gasteiger partial charge in [-0.3, -0.25) is 0 Å². The lowest BCUT2D eigenvalue weighted by Crippen LogP contribution is -2.61. The number of hydrogen-bond donors (Lipinski definition) is 0. The first kappa shape index (κ1) is 37.3. The van der Waals surface area contributed by atoms with E-state index in [1.165, 1.54) is 135 Å². The maximum absolute atomic E-state index is 2.68. The van der Waals surface area contributed by atoms with E-state index >= 15 is 0 Å². The summed E-state index contributed by atoms with van der Waals surface area (Å²) < 4.78 is 5.20. The van der Waals surface area contributed by atoms with Gasteiger partial charge in [-0.05, 0) is 74.7 Å². The molecular weight excluding hydrogens is 848 g/mol. The molecule has 2 aromatic heterocycles. The lowest BCUT2D eigenvalue weighted by atomic mass is 9.33. The molecule has 13 aromatic rings. The molecule has 0 saturated carbocycles. The Bertz CT molecular complexity index is 3930. The molecule has 0 bridgehead atoms. The van der Waals surface area contributed by atoms with E-state index in [0.29, 0.717) is 0 Å². The smallest absolute Gasteiger partial charge is 0.252 e. The highest BCUT2D eigenvalue weighted by Gasteiger charge is 2.46. The number of fused-ring (bicyclic) bond motifs is 14. The summed E-state index contributed by atoms with van der Waals surface area (Å²) in [5.41, 5.74) is 16.1. The minimum absolute atomic E-state index is 0.0554. The van der Waals surface area contributed by atoms with Crippen LogP contribution in [0.15, 0.2) is 224 Å².